The van der Waals surface area contributed by atoms with Crippen molar-refractivity contribution in [2.24, 2.45) is 0 Å². The van der Waals surface area contributed by atoms with Crippen LogP contribution in [-0.2, 0) is 17.9 Å². The minimum absolute atomic E-state index is 0.0663. The SMILES string of the molecule is Cc1cc([N+](=O)[O-])nn1CCNC(=O)Cn1ncc(Cl)c1C. The first-order valence-electron chi connectivity index (χ1n) is 6.52. The molecular weight excluding hydrogens is 312 g/mol. The van der Waals surface area contributed by atoms with Crippen LogP contribution in [0.3, 0.4) is 0 Å². The minimum Gasteiger partial charge on any atom is -0.358 e. The highest BCUT2D eigenvalue weighted by molar-refractivity contribution is 6.31. The van der Waals surface area contributed by atoms with Crippen molar-refractivity contribution < 1.29 is 9.72 Å². The Morgan fingerprint density at radius 2 is 2.18 bits per heavy atom. The largest absolute Gasteiger partial charge is 0.390 e. The van der Waals surface area contributed by atoms with Crippen molar-refractivity contribution in [2.45, 2.75) is 26.9 Å². The van der Waals surface area contributed by atoms with Gasteiger partial charge in [0.1, 0.15) is 6.54 Å². The molecule has 0 atom stereocenters. The van der Waals surface area contributed by atoms with E-state index >= 15 is 0 Å². The Kier molecular flexibility index (Phi) is 4.76. The second kappa shape index (κ2) is 6.56. The van der Waals surface area contributed by atoms with E-state index < -0.39 is 4.92 Å². The maximum atomic E-state index is 11.8. The van der Waals surface area contributed by atoms with Crippen LogP contribution >= 0.6 is 11.6 Å². The quantitative estimate of drug-likeness (QED) is 0.631. The van der Waals surface area contributed by atoms with Crippen LogP contribution in [0.1, 0.15) is 11.4 Å². The summed E-state index contributed by atoms with van der Waals surface area (Å²) in [6.45, 7) is 4.22. The lowest BCUT2D eigenvalue weighted by molar-refractivity contribution is -0.389. The third-order valence-corrected chi connectivity index (χ3v) is 3.51. The van der Waals surface area contributed by atoms with Crippen LogP contribution in [0.15, 0.2) is 12.3 Å². The number of hydrogen-bond acceptors (Lipinski definition) is 5. The summed E-state index contributed by atoms with van der Waals surface area (Å²) in [6, 6.07) is 1.39. The van der Waals surface area contributed by atoms with Crippen LogP contribution in [0.2, 0.25) is 5.02 Å². The Morgan fingerprint density at radius 1 is 1.45 bits per heavy atom. The van der Waals surface area contributed by atoms with Crippen molar-refractivity contribution in [3.63, 3.8) is 0 Å². The van der Waals surface area contributed by atoms with Crippen molar-refractivity contribution in [3.05, 3.63) is 38.8 Å². The normalized spacial score (nSPS) is 10.7. The van der Waals surface area contributed by atoms with Gasteiger partial charge in [0.2, 0.25) is 5.91 Å². The van der Waals surface area contributed by atoms with Gasteiger partial charge in [0.25, 0.3) is 0 Å². The molecule has 0 spiro atoms. The summed E-state index contributed by atoms with van der Waals surface area (Å²) in [5, 5.41) is 21.7. The molecule has 0 aliphatic rings. The molecule has 1 N–H and O–H groups in total. The molecule has 10 heteroatoms. The number of aromatic nitrogens is 4. The van der Waals surface area contributed by atoms with Crippen molar-refractivity contribution in [1.82, 2.24) is 24.9 Å². The second-order valence-electron chi connectivity index (χ2n) is 4.71. The first-order valence-corrected chi connectivity index (χ1v) is 6.89. The number of amides is 1. The van der Waals surface area contributed by atoms with Gasteiger partial charge in [-0.15, -0.1) is 0 Å². The zero-order chi connectivity index (χ0) is 16.3. The van der Waals surface area contributed by atoms with Gasteiger partial charge in [0.05, 0.1) is 40.3 Å². The Hall–Kier alpha value is -2.42. The van der Waals surface area contributed by atoms with Gasteiger partial charge in [-0.2, -0.15) is 9.78 Å². The molecule has 9 nitrogen and oxygen atoms in total. The molecule has 22 heavy (non-hydrogen) atoms. The second-order valence-corrected chi connectivity index (χ2v) is 5.12. The molecular formula is C12H15ClN6O3. The van der Waals surface area contributed by atoms with Gasteiger partial charge >= 0.3 is 5.82 Å². The van der Waals surface area contributed by atoms with Gasteiger partial charge in [-0.25, -0.2) is 0 Å². The minimum atomic E-state index is -0.549. The molecule has 1 amide bonds. The fraction of sp³-hybridized carbons (Fsp3) is 0.417. The molecule has 2 aromatic rings. The Bertz CT molecular complexity index is 708. The molecule has 0 radical (unpaired) electrons. The van der Waals surface area contributed by atoms with Gasteiger partial charge in [-0.3, -0.25) is 9.48 Å². The van der Waals surface area contributed by atoms with Gasteiger partial charge in [-0.05, 0) is 18.8 Å². The third kappa shape index (κ3) is 3.61. The highest BCUT2D eigenvalue weighted by atomic mass is 35.5. The molecule has 0 unspecified atom stereocenters. The maximum Gasteiger partial charge on any atom is 0.390 e. The lowest BCUT2D eigenvalue weighted by Gasteiger charge is -2.06. The Balaban J connectivity index is 1.84. The molecule has 2 aromatic heterocycles. The van der Waals surface area contributed by atoms with E-state index in [1.807, 2.05) is 0 Å². The van der Waals surface area contributed by atoms with E-state index in [1.165, 1.54) is 21.6 Å². The van der Waals surface area contributed by atoms with Crippen LogP contribution in [0.4, 0.5) is 5.82 Å². The summed E-state index contributed by atoms with van der Waals surface area (Å²) in [6.07, 6.45) is 1.48. The van der Waals surface area contributed by atoms with Gasteiger partial charge < -0.3 is 15.4 Å². The lowest BCUT2D eigenvalue weighted by atomic mass is 10.4. The number of rotatable bonds is 6. The summed E-state index contributed by atoms with van der Waals surface area (Å²) in [5.41, 5.74) is 1.38. The molecule has 2 rings (SSSR count). The number of nitrogens with zero attached hydrogens (tertiary/aromatic N) is 5. The van der Waals surface area contributed by atoms with Crippen molar-refractivity contribution in [1.29, 1.82) is 0 Å². The van der Waals surface area contributed by atoms with Crippen LogP contribution in [0, 0.1) is 24.0 Å². The monoisotopic (exact) mass is 326 g/mol. The average Bonchev–Trinajstić information content (AvgIpc) is 2.97. The van der Waals surface area contributed by atoms with E-state index in [0.717, 1.165) is 5.69 Å². The average molecular weight is 327 g/mol. The molecule has 0 aliphatic carbocycles. The fourth-order valence-corrected chi connectivity index (χ4v) is 2.03. The first-order chi connectivity index (χ1) is 10.4. The Labute approximate surface area is 131 Å². The maximum absolute atomic E-state index is 11.8. The van der Waals surface area contributed by atoms with Crippen LogP contribution in [-0.4, -0.2) is 36.9 Å². The number of carbonyl (C=O) groups excluding carboxylic acids is 1. The van der Waals surface area contributed by atoms with Crippen LogP contribution in [0.25, 0.3) is 0 Å². The molecule has 0 fully saturated rings. The molecule has 0 aliphatic heterocycles. The summed E-state index contributed by atoms with van der Waals surface area (Å²) in [5.74, 6) is -0.423. The molecule has 2 heterocycles. The number of hydrogen-bond donors (Lipinski definition) is 1. The van der Waals surface area contributed by atoms with Gasteiger partial charge in [-0.1, -0.05) is 11.6 Å². The first kappa shape index (κ1) is 16.0. The van der Waals surface area contributed by atoms with E-state index in [4.69, 9.17) is 11.6 Å². The topological polar surface area (TPSA) is 108 Å². The third-order valence-electron chi connectivity index (χ3n) is 3.14. The number of carbonyl (C=O) groups is 1. The lowest BCUT2D eigenvalue weighted by Crippen LogP contribution is -2.31. The molecule has 0 saturated carbocycles. The standard InChI is InChI=1S/C12H15ClN6O3/c1-8-5-11(19(21)22)16-17(8)4-3-14-12(20)7-18-9(2)10(13)6-15-18/h5-6H,3-4,7H2,1-2H3,(H,14,20). The number of nitrogens with one attached hydrogen (secondary N) is 1. The van der Waals surface area contributed by atoms with E-state index in [1.54, 1.807) is 13.8 Å². The molecule has 0 bridgehead atoms. The van der Waals surface area contributed by atoms with Crippen molar-refractivity contribution in [2.75, 3.05) is 6.54 Å². The van der Waals surface area contributed by atoms with Crippen LogP contribution < -0.4 is 5.32 Å². The molecule has 0 saturated heterocycles. The summed E-state index contributed by atoms with van der Waals surface area (Å²) in [7, 11) is 0. The summed E-state index contributed by atoms with van der Waals surface area (Å²) >= 11 is 5.86. The van der Waals surface area contributed by atoms with Crippen LogP contribution in [0.5, 0.6) is 0 Å². The highest BCUT2D eigenvalue weighted by Crippen LogP contribution is 2.13. The fourth-order valence-electron chi connectivity index (χ4n) is 1.88. The zero-order valence-corrected chi connectivity index (χ0v) is 12.9. The van der Waals surface area contributed by atoms with E-state index in [9.17, 15) is 14.9 Å². The molecule has 0 aromatic carbocycles. The van der Waals surface area contributed by atoms with E-state index in [0.29, 0.717) is 23.8 Å². The van der Waals surface area contributed by atoms with Gasteiger partial charge in [0, 0.05) is 6.54 Å². The zero-order valence-electron chi connectivity index (χ0n) is 12.1. The molecule has 118 valence electrons. The predicted octanol–water partition coefficient (Wildman–Crippen LogP) is 1.07. The summed E-state index contributed by atoms with van der Waals surface area (Å²) < 4.78 is 2.98. The smallest absolute Gasteiger partial charge is 0.358 e. The predicted molar refractivity (Wildman–Crippen MR) is 78.6 cm³/mol. The number of aryl methyl sites for hydroxylation is 1. The highest BCUT2D eigenvalue weighted by Gasteiger charge is 2.15. The van der Waals surface area contributed by atoms with Gasteiger partial charge in [0.15, 0.2) is 0 Å². The van der Waals surface area contributed by atoms with Crippen molar-refractivity contribution in [3.8, 4) is 0 Å². The van der Waals surface area contributed by atoms with Crippen molar-refractivity contribution >= 4 is 23.3 Å². The van der Waals surface area contributed by atoms with E-state index in [-0.39, 0.29) is 18.3 Å². The number of nitro groups is 1. The number of halogens is 1. The Morgan fingerprint density at radius 3 is 2.73 bits per heavy atom. The summed E-state index contributed by atoms with van der Waals surface area (Å²) in [4.78, 5) is 21.9. The van der Waals surface area contributed by atoms with E-state index in [2.05, 4.69) is 15.5 Å².